The van der Waals surface area contributed by atoms with Crippen LogP contribution in [0.15, 0.2) is 24.4 Å². The SMILES string of the molecule is Cc1c(NC2NCCN2)cc(C)c2ncccc12.Cl.Cl. The van der Waals surface area contributed by atoms with E-state index < -0.39 is 0 Å². The van der Waals surface area contributed by atoms with E-state index in [-0.39, 0.29) is 31.1 Å². The lowest BCUT2D eigenvalue weighted by molar-refractivity contribution is 0.620. The molecule has 0 amide bonds. The molecule has 1 aliphatic rings. The fourth-order valence-corrected chi connectivity index (χ4v) is 2.47. The summed E-state index contributed by atoms with van der Waals surface area (Å²) in [6.07, 6.45) is 2.01. The van der Waals surface area contributed by atoms with Gasteiger partial charge in [0.2, 0.25) is 0 Å². The molecule has 1 aromatic heterocycles. The van der Waals surface area contributed by atoms with Crippen molar-refractivity contribution in [2.45, 2.75) is 20.1 Å². The van der Waals surface area contributed by atoms with Gasteiger partial charge in [-0.15, -0.1) is 24.8 Å². The number of nitrogens with zero attached hydrogens (tertiary/aromatic N) is 1. The van der Waals surface area contributed by atoms with Crippen LogP contribution >= 0.6 is 24.8 Å². The maximum absolute atomic E-state index is 4.46. The highest BCUT2D eigenvalue weighted by molar-refractivity contribution is 5.89. The van der Waals surface area contributed by atoms with Crippen LogP contribution in [-0.2, 0) is 0 Å². The van der Waals surface area contributed by atoms with Crippen molar-refractivity contribution in [1.29, 1.82) is 0 Å². The zero-order valence-electron chi connectivity index (χ0n) is 11.6. The highest BCUT2D eigenvalue weighted by atomic mass is 35.5. The smallest absolute Gasteiger partial charge is 0.132 e. The zero-order chi connectivity index (χ0) is 12.5. The Hall–Kier alpha value is -1.07. The van der Waals surface area contributed by atoms with Crippen molar-refractivity contribution in [3.63, 3.8) is 0 Å². The topological polar surface area (TPSA) is 49.0 Å². The normalized spacial score (nSPS) is 14.7. The number of aryl methyl sites for hydroxylation is 2. The van der Waals surface area contributed by atoms with E-state index in [1.54, 1.807) is 0 Å². The van der Waals surface area contributed by atoms with Crippen LogP contribution in [0.4, 0.5) is 5.69 Å². The third kappa shape index (κ3) is 3.15. The number of aromatic nitrogens is 1. The Morgan fingerprint density at radius 3 is 2.60 bits per heavy atom. The number of benzene rings is 1. The van der Waals surface area contributed by atoms with Gasteiger partial charge in [0.15, 0.2) is 0 Å². The third-order valence-electron chi connectivity index (χ3n) is 3.47. The lowest BCUT2D eigenvalue weighted by atomic mass is 10.0. The summed E-state index contributed by atoms with van der Waals surface area (Å²) in [6.45, 7) is 6.26. The summed E-state index contributed by atoms with van der Waals surface area (Å²) in [4.78, 5) is 4.46. The molecule has 0 atom stereocenters. The average Bonchev–Trinajstić information content (AvgIpc) is 2.89. The maximum atomic E-state index is 4.46. The van der Waals surface area contributed by atoms with Crippen molar-refractivity contribution >= 4 is 41.4 Å². The van der Waals surface area contributed by atoms with Gasteiger partial charge in [-0.05, 0) is 37.1 Å². The largest absolute Gasteiger partial charge is 0.357 e. The molecule has 0 spiro atoms. The Bertz CT molecular complexity index is 583. The second-order valence-corrected chi connectivity index (χ2v) is 4.75. The molecule has 1 aromatic carbocycles. The first kappa shape index (κ1) is 17.0. The van der Waals surface area contributed by atoms with E-state index in [1.165, 1.54) is 22.2 Å². The van der Waals surface area contributed by atoms with Gasteiger partial charge in [0.25, 0.3) is 0 Å². The minimum atomic E-state index is 0. The molecule has 1 aliphatic heterocycles. The molecule has 0 bridgehead atoms. The van der Waals surface area contributed by atoms with Crippen LogP contribution in [0.5, 0.6) is 0 Å². The highest BCUT2D eigenvalue weighted by Crippen LogP contribution is 2.27. The fraction of sp³-hybridized carbons (Fsp3) is 0.357. The molecule has 0 saturated carbocycles. The van der Waals surface area contributed by atoms with Crippen molar-refractivity contribution in [2.24, 2.45) is 0 Å². The lowest BCUT2D eigenvalue weighted by Gasteiger charge is -2.18. The second-order valence-electron chi connectivity index (χ2n) is 4.75. The minimum Gasteiger partial charge on any atom is -0.357 e. The van der Waals surface area contributed by atoms with E-state index in [1.807, 2.05) is 12.3 Å². The molecule has 1 fully saturated rings. The Kier molecular flexibility index (Phi) is 6.02. The molecule has 3 N–H and O–H groups in total. The van der Waals surface area contributed by atoms with E-state index in [0.717, 1.165) is 18.6 Å². The van der Waals surface area contributed by atoms with Gasteiger partial charge < -0.3 is 5.32 Å². The van der Waals surface area contributed by atoms with Crippen LogP contribution in [0.3, 0.4) is 0 Å². The molecule has 0 aliphatic carbocycles. The average molecular weight is 315 g/mol. The van der Waals surface area contributed by atoms with Crippen molar-refractivity contribution in [3.05, 3.63) is 35.5 Å². The summed E-state index contributed by atoms with van der Waals surface area (Å²) >= 11 is 0. The fourth-order valence-electron chi connectivity index (χ4n) is 2.47. The first-order chi connectivity index (χ1) is 8.75. The third-order valence-corrected chi connectivity index (χ3v) is 3.47. The Labute approximate surface area is 131 Å². The van der Waals surface area contributed by atoms with Crippen LogP contribution in [0, 0.1) is 13.8 Å². The van der Waals surface area contributed by atoms with E-state index in [9.17, 15) is 0 Å². The van der Waals surface area contributed by atoms with Crippen LogP contribution in [0.25, 0.3) is 10.9 Å². The molecular formula is C14H20Cl2N4. The number of rotatable bonds is 2. The molecule has 3 rings (SSSR count). The van der Waals surface area contributed by atoms with Crippen LogP contribution in [-0.4, -0.2) is 24.4 Å². The maximum Gasteiger partial charge on any atom is 0.132 e. The van der Waals surface area contributed by atoms with Gasteiger partial charge in [0.05, 0.1) is 5.52 Å². The molecule has 2 aromatic rings. The number of pyridine rings is 1. The van der Waals surface area contributed by atoms with E-state index in [0.29, 0.717) is 0 Å². The van der Waals surface area contributed by atoms with E-state index in [4.69, 9.17) is 0 Å². The summed E-state index contributed by atoms with van der Waals surface area (Å²) < 4.78 is 0. The summed E-state index contributed by atoms with van der Waals surface area (Å²) in [5, 5.41) is 11.4. The number of fused-ring (bicyclic) bond motifs is 1. The molecule has 4 nitrogen and oxygen atoms in total. The number of nitrogens with one attached hydrogen (secondary N) is 3. The number of halogens is 2. The Morgan fingerprint density at radius 1 is 1.20 bits per heavy atom. The van der Waals surface area contributed by atoms with E-state index >= 15 is 0 Å². The Balaban J connectivity index is 0.000001000. The summed E-state index contributed by atoms with van der Waals surface area (Å²) in [5.41, 5.74) is 4.71. The number of anilines is 1. The summed E-state index contributed by atoms with van der Waals surface area (Å²) in [7, 11) is 0. The lowest BCUT2D eigenvalue weighted by Crippen LogP contribution is -2.39. The van der Waals surface area contributed by atoms with Gasteiger partial charge in [-0.2, -0.15) is 0 Å². The molecule has 1 saturated heterocycles. The van der Waals surface area contributed by atoms with Gasteiger partial charge in [-0.25, -0.2) is 0 Å². The summed E-state index contributed by atoms with van der Waals surface area (Å²) in [6, 6.07) is 6.29. The molecule has 6 heteroatoms. The van der Waals surface area contributed by atoms with Crippen molar-refractivity contribution in [1.82, 2.24) is 15.6 Å². The first-order valence-electron chi connectivity index (χ1n) is 6.34. The van der Waals surface area contributed by atoms with Crippen LogP contribution < -0.4 is 16.0 Å². The van der Waals surface area contributed by atoms with Gasteiger partial charge in [0, 0.05) is 30.4 Å². The van der Waals surface area contributed by atoms with Crippen LogP contribution in [0.1, 0.15) is 11.1 Å². The van der Waals surface area contributed by atoms with Gasteiger partial charge in [-0.1, -0.05) is 6.07 Å². The van der Waals surface area contributed by atoms with Crippen molar-refractivity contribution in [2.75, 3.05) is 18.4 Å². The predicted molar refractivity (Wildman–Crippen MR) is 89.1 cm³/mol. The minimum absolute atomic E-state index is 0. The molecule has 110 valence electrons. The molecule has 20 heavy (non-hydrogen) atoms. The second kappa shape index (κ2) is 7.09. The van der Waals surface area contributed by atoms with Gasteiger partial charge in [-0.3, -0.25) is 15.6 Å². The highest BCUT2D eigenvalue weighted by Gasteiger charge is 2.14. The van der Waals surface area contributed by atoms with E-state index in [2.05, 4.69) is 46.9 Å². The number of hydrogen-bond acceptors (Lipinski definition) is 4. The number of hydrogen-bond donors (Lipinski definition) is 3. The standard InChI is InChI=1S/C14H18N4.2ClH/c1-9-8-12(18-14-16-6-7-17-14)10(2)11-4-3-5-15-13(9)11;;/h3-5,8,14,16-18H,6-7H2,1-2H3;2*1H. The van der Waals surface area contributed by atoms with Gasteiger partial charge in [0.1, 0.15) is 6.29 Å². The summed E-state index contributed by atoms with van der Waals surface area (Å²) in [5.74, 6) is 0. The predicted octanol–water partition coefficient (Wildman–Crippen LogP) is 2.58. The molecule has 2 heterocycles. The molecule has 0 unspecified atom stereocenters. The quantitative estimate of drug-likeness (QED) is 0.797. The molecule has 0 radical (unpaired) electrons. The monoisotopic (exact) mass is 314 g/mol. The van der Waals surface area contributed by atoms with Crippen molar-refractivity contribution in [3.8, 4) is 0 Å². The Morgan fingerprint density at radius 2 is 1.90 bits per heavy atom. The molecular weight excluding hydrogens is 295 g/mol. The van der Waals surface area contributed by atoms with Gasteiger partial charge >= 0.3 is 0 Å². The van der Waals surface area contributed by atoms with Crippen molar-refractivity contribution < 1.29 is 0 Å². The first-order valence-corrected chi connectivity index (χ1v) is 6.34. The zero-order valence-corrected chi connectivity index (χ0v) is 13.2. The van der Waals surface area contributed by atoms with Crippen LogP contribution in [0.2, 0.25) is 0 Å².